The van der Waals surface area contributed by atoms with E-state index in [0.29, 0.717) is 6.54 Å². The summed E-state index contributed by atoms with van der Waals surface area (Å²) in [6, 6.07) is 24.5. The Morgan fingerprint density at radius 3 is 2.13 bits per heavy atom. The predicted molar refractivity (Wildman–Crippen MR) is 161 cm³/mol. The van der Waals surface area contributed by atoms with Gasteiger partial charge < -0.3 is 9.64 Å². The maximum Gasteiger partial charge on any atom is 0.274 e. The Hall–Kier alpha value is -3.64. The van der Waals surface area contributed by atoms with E-state index in [4.69, 9.17) is 9.84 Å². The Kier molecular flexibility index (Phi) is 8.94. The van der Waals surface area contributed by atoms with E-state index in [1.54, 1.807) is 11.8 Å². The molecule has 5 rings (SSSR count). The molecule has 0 atom stereocenters. The number of anilines is 1. The molecule has 0 saturated carbocycles. The van der Waals surface area contributed by atoms with E-state index in [-0.39, 0.29) is 5.56 Å². The van der Waals surface area contributed by atoms with Gasteiger partial charge in [-0.1, -0.05) is 79.4 Å². The topological polar surface area (TPSA) is 50.6 Å². The van der Waals surface area contributed by atoms with E-state index >= 15 is 0 Å². The Morgan fingerprint density at radius 1 is 0.744 bits per heavy atom. The van der Waals surface area contributed by atoms with E-state index in [2.05, 4.69) is 53.1 Å². The molecule has 4 aromatic rings. The Bertz CT molecular complexity index is 1420. The van der Waals surface area contributed by atoms with Gasteiger partial charge in [0.1, 0.15) is 5.75 Å². The van der Waals surface area contributed by atoms with Crippen molar-refractivity contribution < 1.29 is 4.74 Å². The molecule has 3 aromatic carbocycles. The van der Waals surface area contributed by atoms with Gasteiger partial charge >= 0.3 is 0 Å². The van der Waals surface area contributed by atoms with Gasteiger partial charge in [-0.25, -0.2) is 4.68 Å². The molecule has 0 aliphatic carbocycles. The lowest BCUT2D eigenvalue weighted by molar-refractivity contribution is 0.251. The molecule has 1 aromatic heterocycles. The van der Waals surface area contributed by atoms with Crippen LogP contribution in [0.15, 0.2) is 77.6 Å². The number of ether oxygens (including phenoxy) is 1. The zero-order chi connectivity index (χ0) is 27.0. The molecule has 0 bridgehead atoms. The summed E-state index contributed by atoms with van der Waals surface area (Å²) in [5, 5.41) is 6.49. The lowest BCUT2D eigenvalue weighted by Gasteiger charge is -2.36. The lowest BCUT2D eigenvalue weighted by atomic mass is 10.0. The van der Waals surface area contributed by atoms with Crippen molar-refractivity contribution in [1.82, 2.24) is 14.7 Å². The molecule has 0 amide bonds. The summed E-state index contributed by atoms with van der Waals surface area (Å²) in [5.74, 6) is 0.957. The maximum absolute atomic E-state index is 13.1. The molecule has 1 saturated heterocycles. The van der Waals surface area contributed by atoms with Gasteiger partial charge in [0, 0.05) is 43.7 Å². The van der Waals surface area contributed by atoms with Gasteiger partial charge in [-0.15, -0.1) is 0 Å². The average Bonchev–Trinajstić information content (AvgIpc) is 2.98. The molecule has 0 radical (unpaired) electrons. The zero-order valence-electron chi connectivity index (χ0n) is 23.3. The smallest absolute Gasteiger partial charge is 0.274 e. The van der Waals surface area contributed by atoms with Crippen LogP contribution in [-0.2, 0) is 6.54 Å². The number of methoxy groups -OCH3 is 1. The predicted octanol–water partition coefficient (Wildman–Crippen LogP) is 6.15. The first kappa shape index (κ1) is 26.9. The fourth-order valence-electron chi connectivity index (χ4n) is 5.54. The fourth-order valence-corrected chi connectivity index (χ4v) is 5.54. The van der Waals surface area contributed by atoms with Crippen LogP contribution < -0.4 is 15.2 Å². The van der Waals surface area contributed by atoms with Crippen molar-refractivity contribution >= 4 is 16.5 Å². The summed E-state index contributed by atoms with van der Waals surface area (Å²) in [4.78, 5) is 18.2. The summed E-state index contributed by atoms with van der Waals surface area (Å²) < 4.78 is 7.22. The molecule has 204 valence electrons. The van der Waals surface area contributed by atoms with Crippen LogP contribution in [0.2, 0.25) is 0 Å². The highest BCUT2D eigenvalue weighted by molar-refractivity contribution is 5.93. The molecule has 0 unspecified atom stereocenters. The van der Waals surface area contributed by atoms with Gasteiger partial charge in [0.25, 0.3) is 5.56 Å². The number of hydrogen-bond acceptors (Lipinski definition) is 5. The number of benzene rings is 3. The standard InChI is InChI=1S/C33H40N4O2/c1-26-16-18-27(19-17-26)32-28-12-6-7-13-29(28)33(38)37(34-32)21-11-5-3-4-10-20-35-22-24-36(25-23-35)30-14-8-9-15-31(30)39-2/h6-9,12-19H,3-5,10-11,20-25H2,1-2H3. The van der Waals surface area contributed by atoms with E-state index in [9.17, 15) is 4.79 Å². The minimum atomic E-state index is 0.00808. The highest BCUT2D eigenvalue weighted by Gasteiger charge is 2.19. The Balaban J connectivity index is 1.07. The minimum Gasteiger partial charge on any atom is -0.495 e. The van der Waals surface area contributed by atoms with Crippen LogP contribution in [0.4, 0.5) is 5.69 Å². The van der Waals surface area contributed by atoms with Crippen molar-refractivity contribution in [1.29, 1.82) is 0 Å². The number of aryl methyl sites for hydroxylation is 2. The summed E-state index contributed by atoms with van der Waals surface area (Å²) in [5.41, 5.74) is 4.36. The number of fused-ring (bicyclic) bond motifs is 1. The van der Waals surface area contributed by atoms with Crippen LogP contribution >= 0.6 is 0 Å². The van der Waals surface area contributed by atoms with Gasteiger partial charge in [0.2, 0.25) is 0 Å². The number of aromatic nitrogens is 2. The first-order chi connectivity index (χ1) is 19.1. The van der Waals surface area contributed by atoms with Crippen LogP contribution in [0.5, 0.6) is 5.75 Å². The second-order valence-corrected chi connectivity index (χ2v) is 10.6. The summed E-state index contributed by atoms with van der Waals surface area (Å²) in [7, 11) is 1.74. The second kappa shape index (κ2) is 12.9. The Morgan fingerprint density at radius 2 is 1.38 bits per heavy atom. The van der Waals surface area contributed by atoms with Gasteiger partial charge in [0.15, 0.2) is 0 Å². The van der Waals surface area contributed by atoms with E-state index in [0.717, 1.165) is 73.3 Å². The summed E-state index contributed by atoms with van der Waals surface area (Å²) >= 11 is 0. The number of piperazine rings is 1. The summed E-state index contributed by atoms with van der Waals surface area (Å²) in [6.07, 6.45) is 5.72. The molecule has 0 N–H and O–H groups in total. The normalized spacial score (nSPS) is 14.2. The third-order valence-corrected chi connectivity index (χ3v) is 7.84. The number of nitrogens with zero attached hydrogens (tertiary/aromatic N) is 4. The molecule has 2 heterocycles. The zero-order valence-corrected chi connectivity index (χ0v) is 23.3. The molecule has 1 aliphatic rings. The van der Waals surface area contributed by atoms with Crippen molar-refractivity contribution in [2.24, 2.45) is 0 Å². The van der Waals surface area contributed by atoms with E-state index in [1.807, 2.05) is 36.4 Å². The first-order valence-electron chi connectivity index (χ1n) is 14.3. The highest BCUT2D eigenvalue weighted by atomic mass is 16.5. The fraction of sp³-hybridized carbons (Fsp3) is 0.394. The number of para-hydroxylation sites is 2. The quantitative estimate of drug-likeness (QED) is 0.220. The first-order valence-corrected chi connectivity index (χ1v) is 14.3. The van der Waals surface area contributed by atoms with E-state index in [1.165, 1.54) is 30.5 Å². The third kappa shape index (κ3) is 6.51. The van der Waals surface area contributed by atoms with Crippen molar-refractivity contribution in [2.45, 2.75) is 45.6 Å². The van der Waals surface area contributed by atoms with E-state index < -0.39 is 0 Å². The third-order valence-electron chi connectivity index (χ3n) is 7.84. The van der Waals surface area contributed by atoms with Crippen LogP contribution in [0.3, 0.4) is 0 Å². The van der Waals surface area contributed by atoms with Crippen LogP contribution in [-0.4, -0.2) is 54.5 Å². The highest BCUT2D eigenvalue weighted by Crippen LogP contribution is 2.28. The molecule has 39 heavy (non-hydrogen) atoms. The molecular formula is C33H40N4O2. The average molecular weight is 525 g/mol. The van der Waals surface area contributed by atoms with Crippen molar-refractivity contribution in [2.75, 3.05) is 44.7 Å². The SMILES string of the molecule is COc1ccccc1N1CCN(CCCCCCCn2nc(-c3ccc(C)cc3)c3ccccc3c2=O)CC1. The number of hydrogen-bond donors (Lipinski definition) is 0. The monoisotopic (exact) mass is 524 g/mol. The minimum absolute atomic E-state index is 0.00808. The number of unbranched alkanes of at least 4 members (excludes halogenated alkanes) is 4. The molecule has 1 fully saturated rings. The van der Waals surface area contributed by atoms with Crippen molar-refractivity contribution in [3.05, 3.63) is 88.7 Å². The van der Waals surface area contributed by atoms with Gasteiger partial charge in [-0.05, 0) is 44.5 Å². The van der Waals surface area contributed by atoms with Crippen LogP contribution in [0.1, 0.15) is 37.7 Å². The van der Waals surface area contributed by atoms with Gasteiger partial charge in [-0.2, -0.15) is 5.10 Å². The van der Waals surface area contributed by atoms with Crippen LogP contribution in [0, 0.1) is 6.92 Å². The summed E-state index contributed by atoms with van der Waals surface area (Å²) in [6.45, 7) is 8.17. The van der Waals surface area contributed by atoms with Crippen molar-refractivity contribution in [3.63, 3.8) is 0 Å². The van der Waals surface area contributed by atoms with Crippen molar-refractivity contribution in [3.8, 4) is 17.0 Å². The number of rotatable bonds is 11. The molecule has 6 heteroatoms. The second-order valence-electron chi connectivity index (χ2n) is 10.6. The Labute approximate surface area is 231 Å². The molecule has 6 nitrogen and oxygen atoms in total. The largest absolute Gasteiger partial charge is 0.495 e. The van der Waals surface area contributed by atoms with Crippen LogP contribution in [0.25, 0.3) is 22.0 Å². The molecule has 0 spiro atoms. The molecule has 1 aliphatic heterocycles. The molecular weight excluding hydrogens is 484 g/mol. The maximum atomic E-state index is 13.1. The van der Waals surface area contributed by atoms with Gasteiger partial charge in [-0.3, -0.25) is 9.69 Å². The lowest BCUT2D eigenvalue weighted by Crippen LogP contribution is -2.46. The van der Waals surface area contributed by atoms with Gasteiger partial charge in [0.05, 0.1) is 23.9 Å².